The lowest BCUT2D eigenvalue weighted by Gasteiger charge is -2.29. The van der Waals surface area contributed by atoms with Gasteiger partial charge in [0.05, 0.1) is 5.60 Å². The molecule has 0 aromatic carbocycles. The second-order valence-corrected chi connectivity index (χ2v) is 11.6. The molecule has 1 heterocycles. The van der Waals surface area contributed by atoms with Crippen LogP contribution in [0, 0.1) is 5.92 Å². The van der Waals surface area contributed by atoms with Gasteiger partial charge in [0.25, 0.3) is 0 Å². The zero-order valence-electron chi connectivity index (χ0n) is 14.6. The summed E-state index contributed by atoms with van der Waals surface area (Å²) < 4.78 is 6.24. The van der Waals surface area contributed by atoms with E-state index in [1.54, 1.807) is 11.3 Å². The molecule has 1 aromatic heterocycles. The van der Waals surface area contributed by atoms with Gasteiger partial charge in [0, 0.05) is 22.1 Å². The molecule has 0 saturated carbocycles. The summed E-state index contributed by atoms with van der Waals surface area (Å²) in [7, 11) is -0.572. The van der Waals surface area contributed by atoms with E-state index in [4.69, 9.17) is 4.43 Å². The molecule has 0 atom stereocenters. The second kappa shape index (κ2) is 7.21. The van der Waals surface area contributed by atoms with E-state index in [9.17, 15) is 4.79 Å². The number of carbonyl (C=O) groups is 1. The smallest absolute Gasteiger partial charge is 0.168 e. The molecule has 1 rings (SSSR count). The normalized spacial score (nSPS) is 13.5. The molecule has 0 bridgehead atoms. The SMILES string of the molecule is CC(C)C(=O)CCc1ccc(C(C)(C)O[SiH2]C(C)(C)C)s1. The molecule has 0 aliphatic rings. The zero-order chi connectivity index (χ0) is 16.3. The summed E-state index contributed by atoms with van der Waals surface area (Å²) in [5, 5.41) is 0.307. The Balaban J connectivity index is 2.63. The molecule has 0 fully saturated rings. The summed E-state index contributed by atoms with van der Waals surface area (Å²) >= 11 is 1.79. The third-order valence-corrected chi connectivity index (χ3v) is 6.56. The minimum atomic E-state index is -0.572. The number of hydrogen-bond acceptors (Lipinski definition) is 3. The van der Waals surface area contributed by atoms with E-state index in [0.717, 1.165) is 6.42 Å². The van der Waals surface area contributed by atoms with Gasteiger partial charge in [-0.15, -0.1) is 11.3 Å². The Bertz CT molecular complexity index is 469. The number of thiophene rings is 1. The highest BCUT2D eigenvalue weighted by molar-refractivity contribution is 7.12. The van der Waals surface area contributed by atoms with Gasteiger partial charge in [0.2, 0.25) is 0 Å². The van der Waals surface area contributed by atoms with E-state index < -0.39 is 9.76 Å². The molecule has 0 amide bonds. The van der Waals surface area contributed by atoms with Crippen LogP contribution in [-0.4, -0.2) is 15.5 Å². The van der Waals surface area contributed by atoms with Crippen LogP contribution in [0.3, 0.4) is 0 Å². The first-order valence-electron chi connectivity index (χ1n) is 7.77. The van der Waals surface area contributed by atoms with E-state index in [1.165, 1.54) is 9.75 Å². The average molecular weight is 327 g/mol. The topological polar surface area (TPSA) is 26.3 Å². The molecule has 0 aliphatic heterocycles. The highest BCUT2D eigenvalue weighted by Crippen LogP contribution is 2.34. The Hall–Kier alpha value is -0.453. The maximum absolute atomic E-state index is 11.7. The number of carbonyl (C=O) groups excluding carboxylic acids is 1. The number of hydrogen-bond donors (Lipinski definition) is 0. The maximum Gasteiger partial charge on any atom is 0.168 e. The molecule has 21 heavy (non-hydrogen) atoms. The van der Waals surface area contributed by atoms with E-state index in [2.05, 4.69) is 46.8 Å². The zero-order valence-corrected chi connectivity index (χ0v) is 16.8. The van der Waals surface area contributed by atoms with Crippen molar-refractivity contribution >= 4 is 26.9 Å². The van der Waals surface area contributed by atoms with E-state index >= 15 is 0 Å². The summed E-state index contributed by atoms with van der Waals surface area (Å²) in [6.45, 7) is 15.0. The minimum Gasteiger partial charge on any atom is -0.414 e. The molecule has 2 nitrogen and oxygen atoms in total. The fourth-order valence-electron chi connectivity index (χ4n) is 1.84. The third kappa shape index (κ3) is 6.45. The summed E-state index contributed by atoms with van der Waals surface area (Å²) in [5.41, 5.74) is -0.204. The van der Waals surface area contributed by atoms with Gasteiger partial charge in [0.1, 0.15) is 5.78 Å². The third-order valence-electron chi connectivity index (χ3n) is 3.38. The van der Waals surface area contributed by atoms with Crippen LogP contribution in [-0.2, 0) is 21.2 Å². The quantitative estimate of drug-likeness (QED) is 0.692. The maximum atomic E-state index is 11.7. The predicted molar refractivity (Wildman–Crippen MR) is 94.9 cm³/mol. The van der Waals surface area contributed by atoms with E-state index in [-0.39, 0.29) is 11.5 Å². The van der Waals surface area contributed by atoms with Gasteiger partial charge in [-0.1, -0.05) is 34.6 Å². The second-order valence-electron chi connectivity index (χ2n) is 7.75. The van der Waals surface area contributed by atoms with Gasteiger partial charge in [-0.25, -0.2) is 0 Å². The molecule has 0 unspecified atom stereocenters. The van der Waals surface area contributed by atoms with Crippen molar-refractivity contribution in [1.29, 1.82) is 0 Å². The van der Waals surface area contributed by atoms with Crippen LogP contribution in [0.15, 0.2) is 12.1 Å². The fourth-order valence-corrected chi connectivity index (χ4v) is 3.96. The number of aryl methyl sites for hydroxylation is 1. The van der Waals surface area contributed by atoms with Gasteiger partial charge < -0.3 is 4.43 Å². The highest BCUT2D eigenvalue weighted by atomic mass is 32.1. The van der Waals surface area contributed by atoms with Gasteiger partial charge in [0.15, 0.2) is 9.76 Å². The molecule has 0 saturated heterocycles. The molecule has 120 valence electrons. The van der Waals surface area contributed by atoms with E-state index in [1.807, 2.05) is 13.8 Å². The van der Waals surface area contributed by atoms with Crippen LogP contribution in [0.25, 0.3) is 0 Å². The Labute approximate surface area is 136 Å². The van der Waals surface area contributed by atoms with Gasteiger partial charge >= 0.3 is 0 Å². The molecule has 0 aliphatic carbocycles. The van der Waals surface area contributed by atoms with Crippen molar-refractivity contribution < 1.29 is 9.22 Å². The summed E-state index contributed by atoms with van der Waals surface area (Å²) in [6, 6.07) is 4.31. The summed E-state index contributed by atoms with van der Waals surface area (Å²) in [4.78, 5) is 14.3. The first-order chi connectivity index (χ1) is 9.51. The lowest BCUT2D eigenvalue weighted by Crippen LogP contribution is -2.26. The summed E-state index contributed by atoms with van der Waals surface area (Å²) in [5.74, 6) is 0.489. The molecule has 1 aromatic rings. The minimum absolute atomic E-state index is 0.141. The predicted octanol–water partition coefficient (Wildman–Crippen LogP) is 4.46. The van der Waals surface area contributed by atoms with Crippen molar-refractivity contribution in [2.24, 2.45) is 5.92 Å². The van der Waals surface area contributed by atoms with Crippen molar-refractivity contribution in [3.8, 4) is 0 Å². The monoisotopic (exact) mass is 326 g/mol. The number of rotatable bonds is 7. The lowest BCUT2D eigenvalue weighted by atomic mass is 10.0. The lowest BCUT2D eigenvalue weighted by molar-refractivity contribution is -0.121. The van der Waals surface area contributed by atoms with Gasteiger partial charge in [-0.2, -0.15) is 0 Å². The highest BCUT2D eigenvalue weighted by Gasteiger charge is 2.26. The van der Waals surface area contributed by atoms with Crippen LogP contribution >= 0.6 is 11.3 Å². The van der Waals surface area contributed by atoms with Crippen molar-refractivity contribution in [2.75, 3.05) is 0 Å². The number of ketones is 1. The first kappa shape index (κ1) is 18.6. The Kier molecular flexibility index (Phi) is 6.38. The van der Waals surface area contributed by atoms with Crippen LogP contribution in [0.1, 0.15) is 64.6 Å². The van der Waals surface area contributed by atoms with Crippen molar-refractivity contribution in [1.82, 2.24) is 0 Å². The molecule has 0 N–H and O–H groups in total. The standard InChI is InChI=1S/C17H30O2SSi/c1-12(2)14(18)10-8-13-9-11-15(20-13)17(6,7)19-21-16(3,4)5/h9,11-12H,8,10,21H2,1-7H3. The van der Waals surface area contributed by atoms with Crippen LogP contribution in [0.2, 0.25) is 5.04 Å². The molecule has 0 radical (unpaired) electrons. The van der Waals surface area contributed by atoms with Crippen molar-refractivity contribution in [3.63, 3.8) is 0 Å². The Morgan fingerprint density at radius 1 is 1.24 bits per heavy atom. The van der Waals surface area contributed by atoms with Crippen molar-refractivity contribution in [3.05, 3.63) is 21.9 Å². The van der Waals surface area contributed by atoms with Crippen LogP contribution in [0.5, 0.6) is 0 Å². The summed E-state index contributed by atoms with van der Waals surface area (Å²) in [6.07, 6.45) is 1.50. The molecule has 4 heteroatoms. The largest absolute Gasteiger partial charge is 0.414 e. The Morgan fingerprint density at radius 2 is 1.86 bits per heavy atom. The van der Waals surface area contributed by atoms with E-state index in [0.29, 0.717) is 17.2 Å². The van der Waals surface area contributed by atoms with Crippen molar-refractivity contribution in [2.45, 2.75) is 71.9 Å². The first-order valence-corrected chi connectivity index (χ1v) is 9.87. The Morgan fingerprint density at radius 3 is 2.38 bits per heavy atom. The molecular weight excluding hydrogens is 296 g/mol. The van der Waals surface area contributed by atoms with Crippen LogP contribution in [0.4, 0.5) is 0 Å². The van der Waals surface area contributed by atoms with Crippen LogP contribution < -0.4 is 0 Å². The van der Waals surface area contributed by atoms with Gasteiger partial charge in [-0.3, -0.25) is 4.79 Å². The molecule has 0 spiro atoms. The number of Topliss-reactive ketones (excluding diaryl/α,β-unsaturated/α-hetero) is 1. The fraction of sp³-hybridized carbons (Fsp3) is 0.706. The van der Waals surface area contributed by atoms with Gasteiger partial charge in [-0.05, 0) is 37.4 Å². The average Bonchev–Trinajstić information content (AvgIpc) is 2.82. The molecular formula is C17H30O2SSi.